The van der Waals surface area contributed by atoms with Gasteiger partial charge in [0, 0.05) is 18.3 Å². The molecule has 0 atom stereocenters. The molecule has 8 heteroatoms. The van der Waals surface area contributed by atoms with Crippen molar-refractivity contribution in [2.24, 2.45) is 0 Å². The second-order valence-corrected chi connectivity index (χ2v) is 5.05. The smallest absolute Gasteiger partial charge is 0.258 e. The van der Waals surface area contributed by atoms with Crippen molar-refractivity contribution in [3.05, 3.63) is 60.2 Å². The first-order valence-electron chi connectivity index (χ1n) is 7.50. The first kappa shape index (κ1) is 16.2. The molecule has 0 aliphatic carbocycles. The fourth-order valence-corrected chi connectivity index (χ4v) is 2.07. The maximum Gasteiger partial charge on any atom is 0.258 e. The van der Waals surface area contributed by atoms with E-state index in [0.717, 1.165) is 5.69 Å². The summed E-state index contributed by atoms with van der Waals surface area (Å²) in [4.78, 5) is 24.8. The summed E-state index contributed by atoms with van der Waals surface area (Å²) in [5.41, 5.74) is 1.10. The topological polar surface area (TPSA) is 112 Å². The number of phenolic OH excluding ortho intramolecular Hbond substituents is 1. The summed E-state index contributed by atoms with van der Waals surface area (Å²) in [5.74, 6) is 0.253. The van der Waals surface area contributed by atoms with E-state index in [1.54, 1.807) is 19.2 Å². The molecule has 126 valence electrons. The summed E-state index contributed by atoms with van der Waals surface area (Å²) in [6.45, 7) is 0. The second kappa shape index (κ2) is 7.26. The standard InChI is InChI=1S/C17H16N6O2/c1-18-15-21-16(19-12-7-3-2-4-8-12)23-17(22-15)20-14(25)11-6-5-9-13(24)10-11/h2-10,24H,1H3,(H3,18,19,20,21,22,23,25). The second-order valence-electron chi connectivity index (χ2n) is 5.05. The third-order valence-corrected chi connectivity index (χ3v) is 3.22. The number of nitrogens with zero attached hydrogens (tertiary/aromatic N) is 3. The Hall–Kier alpha value is -3.68. The van der Waals surface area contributed by atoms with Crippen molar-refractivity contribution in [1.29, 1.82) is 0 Å². The summed E-state index contributed by atoms with van der Waals surface area (Å²) >= 11 is 0. The monoisotopic (exact) mass is 336 g/mol. The molecule has 3 rings (SSSR count). The number of aromatic nitrogens is 3. The van der Waals surface area contributed by atoms with Crippen molar-refractivity contribution in [1.82, 2.24) is 15.0 Å². The number of phenols is 1. The van der Waals surface area contributed by atoms with E-state index in [-0.39, 0.29) is 17.6 Å². The zero-order valence-electron chi connectivity index (χ0n) is 13.4. The molecule has 0 fully saturated rings. The number of nitrogens with one attached hydrogen (secondary N) is 3. The average molecular weight is 336 g/mol. The van der Waals surface area contributed by atoms with Gasteiger partial charge < -0.3 is 15.7 Å². The number of amides is 1. The van der Waals surface area contributed by atoms with E-state index in [4.69, 9.17) is 0 Å². The van der Waals surface area contributed by atoms with E-state index in [0.29, 0.717) is 11.5 Å². The average Bonchev–Trinajstić information content (AvgIpc) is 2.62. The van der Waals surface area contributed by atoms with Crippen LogP contribution in [0.1, 0.15) is 10.4 Å². The molecule has 8 nitrogen and oxygen atoms in total. The lowest BCUT2D eigenvalue weighted by Gasteiger charge is -2.09. The Morgan fingerprint density at radius 2 is 1.64 bits per heavy atom. The van der Waals surface area contributed by atoms with Crippen molar-refractivity contribution < 1.29 is 9.90 Å². The number of hydrogen-bond acceptors (Lipinski definition) is 7. The SMILES string of the molecule is CNc1nc(NC(=O)c2cccc(O)c2)nc(Nc2ccccc2)n1. The Morgan fingerprint density at radius 1 is 0.920 bits per heavy atom. The number of para-hydroxylation sites is 1. The molecule has 3 aromatic rings. The van der Waals surface area contributed by atoms with Crippen LogP contribution in [0.15, 0.2) is 54.6 Å². The Kier molecular flexibility index (Phi) is 4.70. The molecule has 25 heavy (non-hydrogen) atoms. The maximum absolute atomic E-state index is 12.3. The zero-order chi connectivity index (χ0) is 17.6. The summed E-state index contributed by atoms with van der Waals surface area (Å²) in [5, 5.41) is 17.9. The van der Waals surface area contributed by atoms with Crippen LogP contribution < -0.4 is 16.0 Å². The Morgan fingerprint density at radius 3 is 2.36 bits per heavy atom. The minimum Gasteiger partial charge on any atom is -0.508 e. The predicted molar refractivity (Wildman–Crippen MR) is 95.2 cm³/mol. The number of aromatic hydroxyl groups is 1. The molecule has 0 spiro atoms. The van der Waals surface area contributed by atoms with Gasteiger partial charge in [-0.05, 0) is 30.3 Å². The predicted octanol–water partition coefficient (Wildman–Crippen LogP) is 2.61. The molecular formula is C17H16N6O2. The van der Waals surface area contributed by atoms with Gasteiger partial charge in [0.25, 0.3) is 5.91 Å². The molecule has 0 saturated heterocycles. The van der Waals surface area contributed by atoms with Crippen LogP contribution in [-0.4, -0.2) is 33.0 Å². The fraction of sp³-hybridized carbons (Fsp3) is 0.0588. The van der Waals surface area contributed by atoms with E-state index in [1.807, 2.05) is 30.3 Å². The van der Waals surface area contributed by atoms with Crippen molar-refractivity contribution in [3.63, 3.8) is 0 Å². The van der Waals surface area contributed by atoms with Crippen LogP contribution in [0.4, 0.5) is 23.5 Å². The van der Waals surface area contributed by atoms with Gasteiger partial charge in [-0.1, -0.05) is 24.3 Å². The molecule has 0 bridgehead atoms. The highest BCUT2D eigenvalue weighted by atomic mass is 16.3. The van der Waals surface area contributed by atoms with Crippen molar-refractivity contribution >= 4 is 29.4 Å². The van der Waals surface area contributed by atoms with E-state index in [2.05, 4.69) is 30.9 Å². The third kappa shape index (κ3) is 4.20. The summed E-state index contributed by atoms with van der Waals surface area (Å²) in [7, 11) is 1.67. The number of carbonyl (C=O) groups is 1. The van der Waals surface area contributed by atoms with E-state index >= 15 is 0 Å². The quantitative estimate of drug-likeness (QED) is 0.566. The van der Waals surface area contributed by atoms with Crippen LogP contribution in [0.2, 0.25) is 0 Å². The van der Waals surface area contributed by atoms with Crippen LogP contribution in [0.3, 0.4) is 0 Å². The molecule has 2 aromatic carbocycles. The highest BCUT2D eigenvalue weighted by Gasteiger charge is 2.11. The van der Waals surface area contributed by atoms with Crippen LogP contribution in [-0.2, 0) is 0 Å². The van der Waals surface area contributed by atoms with Gasteiger partial charge in [-0.15, -0.1) is 0 Å². The molecule has 4 N–H and O–H groups in total. The lowest BCUT2D eigenvalue weighted by Crippen LogP contribution is -2.16. The van der Waals surface area contributed by atoms with Gasteiger partial charge in [0.15, 0.2) is 0 Å². The molecule has 1 heterocycles. The molecule has 1 amide bonds. The van der Waals surface area contributed by atoms with Gasteiger partial charge in [-0.25, -0.2) is 0 Å². The molecular weight excluding hydrogens is 320 g/mol. The highest BCUT2D eigenvalue weighted by Crippen LogP contribution is 2.16. The van der Waals surface area contributed by atoms with E-state index in [9.17, 15) is 9.90 Å². The number of benzene rings is 2. The van der Waals surface area contributed by atoms with E-state index < -0.39 is 5.91 Å². The fourth-order valence-electron chi connectivity index (χ4n) is 2.07. The normalized spacial score (nSPS) is 10.1. The van der Waals surface area contributed by atoms with Crippen LogP contribution >= 0.6 is 0 Å². The lowest BCUT2D eigenvalue weighted by molar-refractivity contribution is 0.102. The third-order valence-electron chi connectivity index (χ3n) is 3.22. The van der Waals surface area contributed by atoms with E-state index in [1.165, 1.54) is 12.1 Å². The molecule has 0 aliphatic rings. The Labute approximate surface area is 144 Å². The summed E-state index contributed by atoms with van der Waals surface area (Å²) in [6.07, 6.45) is 0. The lowest BCUT2D eigenvalue weighted by atomic mass is 10.2. The van der Waals surface area contributed by atoms with Gasteiger partial charge in [-0.3, -0.25) is 10.1 Å². The molecule has 0 unspecified atom stereocenters. The van der Waals surface area contributed by atoms with Crippen molar-refractivity contribution in [2.45, 2.75) is 0 Å². The van der Waals surface area contributed by atoms with Gasteiger partial charge >= 0.3 is 0 Å². The maximum atomic E-state index is 12.3. The number of anilines is 4. The van der Waals surface area contributed by atoms with Crippen molar-refractivity contribution in [3.8, 4) is 5.75 Å². The number of carbonyl (C=O) groups excluding carboxylic acids is 1. The van der Waals surface area contributed by atoms with Gasteiger partial charge in [0.2, 0.25) is 17.8 Å². The first-order chi connectivity index (χ1) is 12.1. The number of hydrogen-bond donors (Lipinski definition) is 4. The van der Waals surface area contributed by atoms with Gasteiger partial charge in [0.1, 0.15) is 5.75 Å². The zero-order valence-corrected chi connectivity index (χ0v) is 13.4. The van der Waals surface area contributed by atoms with Crippen LogP contribution in [0, 0.1) is 0 Å². The van der Waals surface area contributed by atoms with Crippen molar-refractivity contribution in [2.75, 3.05) is 23.0 Å². The molecule has 0 aliphatic heterocycles. The van der Waals surface area contributed by atoms with Gasteiger partial charge in [-0.2, -0.15) is 15.0 Å². The molecule has 1 aromatic heterocycles. The summed E-state index contributed by atoms with van der Waals surface area (Å²) in [6, 6.07) is 15.4. The largest absolute Gasteiger partial charge is 0.508 e. The van der Waals surface area contributed by atoms with Crippen LogP contribution in [0.5, 0.6) is 5.75 Å². The number of rotatable bonds is 5. The first-order valence-corrected chi connectivity index (χ1v) is 7.50. The molecule has 0 saturated carbocycles. The Balaban J connectivity index is 1.83. The van der Waals surface area contributed by atoms with Gasteiger partial charge in [0.05, 0.1) is 0 Å². The minimum absolute atomic E-state index is 0.00523. The minimum atomic E-state index is -0.435. The molecule has 0 radical (unpaired) electrons. The summed E-state index contributed by atoms with van der Waals surface area (Å²) < 4.78 is 0. The highest BCUT2D eigenvalue weighted by molar-refractivity contribution is 6.03. The van der Waals surface area contributed by atoms with Crippen LogP contribution in [0.25, 0.3) is 0 Å². The Bertz CT molecular complexity index is 885.